The predicted molar refractivity (Wildman–Crippen MR) is 76.7 cm³/mol. The van der Waals surface area contributed by atoms with Gasteiger partial charge >= 0.3 is 0 Å². The van der Waals surface area contributed by atoms with Crippen molar-refractivity contribution in [1.82, 2.24) is 4.90 Å². The Hall–Kier alpha value is -2.03. The lowest BCUT2D eigenvalue weighted by atomic mass is 10.1. The van der Waals surface area contributed by atoms with Crippen molar-refractivity contribution >= 4 is 12.0 Å². The number of phenols is 1. The number of rotatable bonds is 3. The number of hydrogen-bond donors (Lipinski definition) is 1. The lowest BCUT2D eigenvalue weighted by Gasteiger charge is -2.25. The number of allylic oxidation sites excluding steroid dienone is 2. The van der Waals surface area contributed by atoms with E-state index in [0.717, 1.165) is 31.5 Å². The molecule has 1 fully saturated rings. The maximum atomic E-state index is 11.8. The summed E-state index contributed by atoms with van der Waals surface area (Å²) in [5, 5.41) is 9.16. The molecule has 1 aliphatic rings. The summed E-state index contributed by atoms with van der Waals surface area (Å²) in [6.45, 7) is 1.76. The number of phenolic OH excluding ortho intramolecular Hbond substituents is 1. The Bertz CT molecular complexity index is 468. The molecule has 3 nitrogen and oxygen atoms in total. The van der Waals surface area contributed by atoms with Crippen LogP contribution in [0.5, 0.6) is 5.75 Å². The van der Waals surface area contributed by atoms with Crippen LogP contribution < -0.4 is 0 Å². The first-order valence-electron chi connectivity index (χ1n) is 6.68. The third-order valence-electron chi connectivity index (χ3n) is 3.20. The largest absolute Gasteiger partial charge is 0.508 e. The van der Waals surface area contributed by atoms with Gasteiger partial charge < -0.3 is 10.0 Å². The van der Waals surface area contributed by atoms with Crippen molar-refractivity contribution < 1.29 is 9.90 Å². The second-order valence-electron chi connectivity index (χ2n) is 4.70. The number of carbonyl (C=O) groups excluding carboxylic acids is 1. The zero-order valence-corrected chi connectivity index (χ0v) is 11.0. The number of benzene rings is 1. The molecule has 1 N–H and O–H groups in total. The quantitative estimate of drug-likeness (QED) is 0.668. The molecule has 0 aliphatic carbocycles. The molecule has 1 saturated heterocycles. The van der Waals surface area contributed by atoms with Crippen LogP contribution in [0.3, 0.4) is 0 Å². The molecular formula is C16H19NO2. The van der Waals surface area contributed by atoms with Gasteiger partial charge in [0.15, 0.2) is 0 Å². The van der Waals surface area contributed by atoms with Gasteiger partial charge in [-0.25, -0.2) is 0 Å². The minimum absolute atomic E-state index is 0.0926. The predicted octanol–water partition coefficient (Wildman–Crippen LogP) is 2.97. The summed E-state index contributed by atoms with van der Waals surface area (Å²) in [6.07, 6.45) is 10.6. The highest BCUT2D eigenvalue weighted by atomic mass is 16.3. The molecule has 0 saturated carbocycles. The van der Waals surface area contributed by atoms with E-state index in [1.165, 1.54) is 6.42 Å². The number of likely N-dealkylation sites (tertiary alicyclic amines) is 1. The maximum absolute atomic E-state index is 11.8. The fourth-order valence-corrected chi connectivity index (χ4v) is 2.11. The Morgan fingerprint density at radius 2 is 1.74 bits per heavy atom. The molecular weight excluding hydrogens is 238 g/mol. The number of carbonyl (C=O) groups is 1. The van der Waals surface area contributed by atoms with Crippen molar-refractivity contribution in [2.24, 2.45) is 0 Å². The fraction of sp³-hybridized carbons (Fsp3) is 0.312. The standard InChI is InChI=1S/C16H19NO2/c18-15-10-8-14(9-11-15)6-2-3-7-16(19)17-12-4-1-5-13-17/h2-3,6-11,18H,1,4-5,12-13H2/b6-2-,7-3+. The molecule has 0 unspecified atom stereocenters. The first kappa shape index (κ1) is 13.4. The summed E-state index contributed by atoms with van der Waals surface area (Å²) in [5.41, 5.74) is 0.993. The number of aromatic hydroxyl groups is 1. The summed E-state index contributed by atoms with van der Waals surface area (Å²) in [4.78, 5) is 13.7. The van der Waals surface area contributed by atoms with E-state index in [-0.39, 0.29) is 11.7 Å². The highest BCUT2D eigenvalue weighted by Crippen LogP contribution is 2.11. The molecule has 0 spiro atoms. The van der Waals surface area contributed by atoms with Crippen LogP contribution in [0.25, 0.3) is 6.08 Å². The molecule has 0 atom stereocenters. The molecule has 1 heterocycles. The zero-order chi connectivity index (χ0) is 13.5. The van der Waals surface area contributed by atoms with Gasteiger partial charge in [0.25, 0.3) is 0 Å². The molecule has 1 amide bonds. The highest BCUT2D eigenvalue weighted by molar-refractivity contribution is 5.88. The van der Waals surface area contributed by atoms with Gasteiger partial charge in [-0.3, -0.25) is 4.79 Å². The topological polar surface area (TPSA) is 40.5 Å². The summed E-state index contributed by atoms with van der Waals surface area (Å²) in [5.74, 6) is 0.350. The number of amides is 1. The molecule has 3 heteroatoms. The van der Waals surface area contributed by atoms with Gasteiger partial charge in [0.2, 0.25) is 5.91 Å². The summed E-state index contributed by atoms with van der Waals surface area (Å²) in [6, 6.07) is 6.93. The van der Waals surface area contributed by atoms with E-state index in [9.17, 15) is 4.79 Å². The minimum atomic E-state index is 0.0926. The third-order valence-corrected chi connectivity index (χ3v) is 3.20. The van der Waals surface area contributed by atoms with Crippen molar-refractivity contribution in [2.45, 2.75) is 19.3 Å². The Kier molecular flexibility index (Phi) is 4.78. The van der Waals surface area contributed by atoms with E-state index in [2.05, 4.69) is 0 Å². The first-order chi connectivity index (χ1) is 9.25. The zero-order valence-electron chi connectivity index (χ0n) is 11.0. The van der Waals surface area contributed by atoms with Crippen molar-refractivity contribution in [3.63, 3.8) is 0 Å². The van der Waals surface area contributed by atoms with Gasteiger partial charge in [-0.15, -0.1) is 0 Å². The summed E-state index contributed by atoms with van der Waals surface area (Å²) >= 11 is 0. The van der Waals surface area contributed by atoms with E-state index in [1.807, 2.05) is 29.2 Å². The van der Waals surface area contributed by atoms with E-state index in [0.29, 0.717) is 0 Å². The smallest absolute Gasteiger partial charge is 0.246 e. The average Bonchev–Trinajstić information content (AvgIpc) is 2.46. The second kappa shape index (κ2) is 6.78. The molecule has 100 valence electrons. The SMILES string of the molecule is O=C(/C=C/C=C\c1ccc(O)cc1)N1CCCCC1. The molecule has 0 aromatic heterocycles. The average molecular weight is 257 g/mol. The van der Waals surface area contributed by atoms with Gasteiger partial charge in [0.05, 0.1) is 0 Å². The van der Waals surface area contributed by atoms with E-state index >= 15 is 0 Å². The second-order valence-corrected chi connectivity index (χ2v) is 4.70. The van der Waals surface area contributed by atoms with Gasteiger partial charge in [0, 0.05) is 19.2 Å². The van der Waals surface area contributed by atoms with Gasteiger partial charge in [0.1, 0.15) is 5.75 Å². The Labute approximate surface area is 113 Å². The van der Waals surface area contributed by atoms with Crippen LogP contribution in [-0.4, -0.2) is 29.0 Å². The molecule has 0 bridgehead atoms. The number of hydrogen-bond acceptors (Lipinski definition) is 2. The van der Waals surface area contributed by atoms with Gasteiger partial charge in [-0.2, -0.15) is 0 Å². The van der Waals surface area contributed by atoms with Crippen molar-refractivity contribution in [3.8, 4) is 5.75 Å². The molecule has 1 aromatic carbocycles. The van der Waals surface area contributed by atoms with Crippen molar-refractivity contribution in [1.29, 1.82) is 0 Å². The minimum Gasteiger partial charge on any atom is -0.508 e. The maximum Gasteiger partial charge on any atom is 0.246 e. The van der Waals surface area contributed by atoms with Crippen LogP contribution in [0.1, 0.15) is 24.8 Å². The van der Waals surface area contributed by atoms with E-state index < -0.39 is 0 Å². The number of piperidine rings is 1. The fourth-order valence-electron chi connectivity index (χ4n) is 2.11. The van der Waals surface area contributed by atoms with Gasteiger partial charge in [-0.05, 0) is 37.0 Å². The van der Waals surface area contributed by atoms with Crippen molar-refractivity contribution in [2.75, 3.05) is 13.1 Å². The summed E-state index contributed by atoms with van der Waals surface area (Å²) in [7, 11) is 0. The van der Waals surface area contributed by atoms with Gasteiger partial charge in [-0.1, -0.05) is 30.4 Å². The molecule has 2 rings (SSSR count). The van der Waals surface area contributed by atoms with Crippen LogP contribution in [0.4, 0.5) is 0 Å². The third kappa shape index (κ3) is 4.28. The van der Waals surface area contributed by atoms with E-state index in [4.69, 9.17) is 5.11 Å². The molecule has 1 aromatic rings. The normalized spacial score (nSPS) is 16.3. The summed E-state index contributed by atoms with van der Waals surface area (Å²) < 4.78 is 0. The molecule has 1 aliphatic heterocycles. The Morgan fingerprint density at radius 1 is 1.05 bits per heavy atom. The van der Waals surface area contributed by atoms with Crippen LogP contribution in [0.15, 0.2) is 42.5 Å². The lowest BCUT2D eigenvalue weighted by Crippen LogP contribution is -2.34. The highest BCUT2D eigenvalue weighted by Gasteiger charge is 2.12. The molecule has 19 heavy (non-hydrogen) atoms. The Morgan fingerprint density at radius 3 is 2.42 bits per heavy atom. The van der Waals surface area contributed by atoms with Crippen LogP contribution in [0, 0.1) is 0 Å². The Balaban J connectivity index is 1.85. The van der Waals surface area contributed by atoms with Crippen LogP contribution >= 0.6 is 0 Å². The lowest BCUT2D eigenvalue weighted by molar-refractivity contribution is -0.126. The molecule has 0 radical (unpaired) electrons. The van der Waals surface area contributed by atoms with E-state index in [1.54, 1.807) is 24.3 Å². The van der Waals surface area contributed by atoms with Crippen LogP contribution in [0.2, 0.25) is 0 Å². The monoisotopic (exact) mass is 257 g/mol. The van der Waals surface area contributed by atoms with Crippen molar-refractivity contribution in [3.05, 3.63) is 48.1 Å². The number of nitrogens with zero attached hydrogens (tertiary/aromatic N) is 1. The van der Waals surface area contributed by atoms with Crippen LogP contribution in [-0.2, 0) is 4.79 Å². The first-order valence-corrected chi connectivity index (χ1v) is 6.68.